The van der Waals surface area contributed by atoms with Crippen LogP contribution < -0.4 is 5.32 Å². The molecule has 0 spiro atoms. The van der Waals surface area contributed by atoms with Gasteiger partial charge in [-0.1, -0.05) is 11.8 Å². The third kappa shape index (κ3) is 3.55. The predicted molar refractivity (Wildman–Crippen MR) is 95.9 cm³/mol. The van der Waals surface area contributed by atoms with E-state index >= 15 is 0 Å². The Labute approximate surface area is 140 Å². The van der Waals surface area contributed by atoms with Gasteiger partial charge in [0.25, 0.3) is 0 Å². The van der Waals surface area contributed by atoms with Crippen LogP contribution in [-0.4, -0.2) is 22.1 Å². The average Bonchev–Trinajstić information content (AvgIpc) is 3.10. The number of hydrogen-bond acceptors (Lipinski definition) is 6. The first-order chi connectivity index (χ1) is 10.6. The summed E-state index contributed by atoms with van der Waals surface area (Å²) in [5.74, 6) is -0.167. The lowest BCUT2D eigenvalue weighted by Crippen LogP contribution is -2.07. The van der Waals surface area contributed by atoms with Crippen LogP contribution in [0.1, 0.15) is 10.7 Å². The number of hydrogen-bond donors (Lipinski definition) is 1. The van der Waals surface area contributed by atoms with E-state index < -0.39 is 0 Å². The number of fused-ring (bicyclic) bond motifs is 1. The third-order valence-corrected chi connectivity index (χ3v) is 5.65. The number of nitrogens with zero attached hydrogens (tertiary/aromatic N) is 2. The molecule has 0 saturated carbocycles. The molecule has 1 N–H and O–H groups in total. The maximum Gasteiger partial charge on any atom is 0.248 e. The molecule has 0 unspecified atom stereocenters. The molecule has 3 aromatic rings. The van der Waals surface area contributed by atoms with Gasteiger partial charge in [-0.3, -0.25) is 4.79 Å². The van der Waals surface area contributed by atoms with Crippen LogP contribution >= 0.6 is 34.4 Å². The molecule has 0 fully saturated rings. The summed E-state index contributed by atoms with van der Waals surface area (Å²) < 4.78 is 2.10. The van der Waals surface area contributed by atoms with Crippen molar-refractivity contribution >= 4 is 62.3 Å². The third-order valence-electron chi connectivity index (χ3n) is 2.85. The smallest absolute Gasteiger partial charge is 0.248 e. The second-order valence-corrected chi connectivity index (χ2v) is 7.63. The Morgan fingerprint density at radius 3 is 2.95 bits per heavy atom. The predicted octanol–water partition coefficient (Wildman–Crippen LogP) is 4.44. The highest BCUT2D eigenvalue weighted by Gasteiger charge is 2.05. The van der Waals surface area contributed by atoms with Crippen molar-refractivity contribution < 1.29 is 4.79 Å². The van der Waals surface area contributed by atoms with Crippen LogP contribution in [0.25, 0.3) is 16.3 Å². The Hall–Kier alpha value is -1.70. The van der Waals surface area contributed by atoms with E-state index in [1.165, 1.54) is 6.08 Å². The van der Waals surface area contributed by atoms with E-state index in [0.717, 1.165) is 30.9 Å². The van der Waals surface area contributed by atoms with E-state index in [9.17, 15) is 4.79 Å². The second kappa shape index (κ2) is 6.60. The normalized spacial score (nSPS) is 11.4. The zero-order valence-corrected chi connectivity index (χ0v) is 14.4. The Bertz CT molecular complexity index is 851. The van der Waals surface area contributed by atoms with Crippen molar-refractivity contribution in [3.63, 3.8) is 0 Å². The minimum Gasteiger partial charge on any atom is -0.322 e. The van der Waals surface area contributed by atoms with E-state index in [1.807, 2.05) is 36.8 Å². The van der Waals surface area contributed by atoms with Crippen molar-refractivity contribution in [2.75, 3.05) is 11.6 Å². The number of rotatable bonds is 4. The lowest BCUT2D eigenvalue weighted by Gasteiger charge is -2.01. The summed E-state index contributed by atoms with van der Waals surface area (Å²) in [5.41, 5.74) is 2.54. The molecular weight excluding hydrogens is 334 g/mol. The summed E-state index contributed by atoms with van der Waals surface area (Å²) in [6.45, 7) is 1.94. The van der Waals surface area contributed by atoms with Crippen molar-refractivity contribution in [3.05, 3.63) is 40.4 Å². The van der Waals surface area contributed by atoms with Gasteiger partial charge in [0.05, 0.1) is 20.9 Å². The van der Waals surface area contributed by atoms with Gasteiger partial charge < -0.3 is 5.32 Å². The molecule has 0 saturated heterocycles. The minimum atomic E-state index is -0.167. The van der Waals surface area contributed by atoms with E-state index in [4.69, 9.17) is 0 Å². The average molecular weight is 347 g/mol. The fourth-order valence-electron chi connectivity index (χ4n) is 1.87. The maximum absolute atomic E-state index is 12.0. The molecule has 2 aromatic heterocycles. The van der Waals surface area contributed by atoms with E-state index in [1.54, 1.807) is 40.5 Å². The van der Waals surface area contributed by atoms with E-state index in [-0.39, 0.29) is 5.91 Å². The quantitative estimate of drug-likeness (QED) is 0.560. The largest absolute Gasteiger partial charge is 0.322 e. The number of thiazole rings is 2. The van der Waals surface area contributed by atoms with Gasteiger partial charge in [-0.2, -0.15) is 0 Å². The summed E-state index contributed by atoms with van der Waals surface area (Å²) >= 11 is 4.81. The Kier molecular flexibility index (Phi) is 4.56. The van der Waals surface area contributed by atoms with Crippen LogP contribution in [0.2, 0.25) is 0 Å². The minimum absolute atomic E-state index is 0.167. The molecule has 1 aromatic carbocycles. The van der Waals surface area contributed by atoms with Gasteiger partial charge in [-0.25, -0.2) is 9.97 Å². The molecule has 4 nitrogen and oxygen atoms in total. The van der Waals surface area contributed by atoms with E-state index in [2.05, 4.69) is 15.3 Å². The fraction of sp³-hybridized carbons (Fsp3) is 0.133. The van der Waals surface area contributed by atoms with Gasteiger partial charge in [-0.15, -0.1) is 22.7 Å². The monoisotopic (exact) mass is 347 g/mol. The van der Waals surface area contributed by atoms with Crippen molar-refractivity contribution in [1.29, 1.82) is 0 Å². The molecule has 7 heteroatoms. The highest BCUT2D eigenvalue weighted by Crippen LogP contribution is 2.29. The van der Waals surface area contributed by atoms with Crippen LogP contribution in [0.3, 0.4) is 0 Å². The first-order valence-electron chi connectivity index (χ1n) is 6.50. The molecule has 3 rings (SSSR count). The summed E-state index contributed by atoms with van der Waals surface area (Å²) in [4.78, 5) is 20.7. The van der Waals surface area contributed by atoms with Crippen molar-refractivity contribution in [1.82, 2.24) is 9.97 Å². The van der Waals surface area contributed by atoms with E-state index in [0.29, 0.717) is 0 Å². The topological polar surface area (TPSA) is 54.9 Å². The number of aromatic nitrogens is 2. The van der Waals surface area contributed by atoms with Gasteiger partial charge in [0, 0.05) is 17.1 Å². The molecule has 1 amide bonds. The lowest BCUT2D eigenvalue weighted by molar-refractivity contribution is -0.111. The van der Waals surface area contributed by atoms with Crippen molar-refractivity contribution in [2.45, 2.75) is 11.3 Å². The van der Waals surface area contributed by atoms with Gasteiger partial charge >= 0.3 is 0 Å². The Morgan fingerprint density at radius 2 is 2.23 bits per heavy atom. The van der Waals surface area contributed by atoms with Crippen LogP contribution in [0.15, 0.2) is 34.0 Å². The van der Waals surface area contributed by atoms with Gasteiger partial charge in [-0.05, 0) is 37.5 Å². The zero-order chi connectivity index (χ0) is 15.5. The zero-order valence-electron chi connectivity index (χ0n) is 12.0. The highest BCUT2D eigenvalue weighted by atomic mass is 32.2. The lowest BCUT2D eigenvalue weighted by atomic mass is 10.3. The molecule has 22 heavy (non-hydrogen) atoms. The van der Waals surface area contributed by atoms with Crippen LogP contribution in [0, 0.1) is 6.92 Å². The number of thioether (sulfide) groups is 1. The number of carbonyl (C=O) groups is 1. The Balaban J connectivity index is 1.71. The summed E-state index contributed by atoms with van der Waals surface area (Å²) in [5, 5.41) is 5.77. The molecule has 0 aliphatic carbocycles. The maximum atomic E-state index is 12.0. The number of nitrogens with one attached hydrogen (secondary N) is 1. The fourth-order valence-corrected chi connectivity index (χ4v) is 3.98. The van der Waals surface area contributed by atoms with Gasteiger partial charge in [0.15, 0.2) is 4.34 Å². The standard InChI is InChI=1S/C15H13N3OS3/c1-9-16-11(8-21-9)4-6-14(19)17-10-3-5-12-13(7-10)22-15(18-12)20-2/h3-8H,1-2H3,(H,17,19)/b6-4+. The highest BCUT2D eigenvalue weighted by molar-refractivity contribution is 8.00. The number of carbonyl (C=O) groups excluding carboxylic acids is 1. The molecule has 0 aliphatic heterocycles. The van der Waals surface area contributed by atoms with Gasteiger partial charge in [0.2, 0.25) is 5.91 Å². The van der Waals surface area contributed by atoms with Crippen molar-refractivity contribution in [2.24, 2.45) is 0 Å². The summed E-state index contributed by atoms with van der Waals surface area (Å²) in [6, 6.07) is 5.74. The molecule has 2 heterocycles. The molecule has 112 valence electrons. The molecule has 0 aliphatic rings. The van der Waals surface area contributed by atoms with Crippen LogP contribution in [0.4, 0.5) is 5.69 Å². The van der Waals surface area contributed by atoms with Gasteiger partial charge in [0.1, 0.15) is 0 Å². The molecule has 0 atom stereocenters. The van der Waals surface area contributed by atoms with Crippen LogP contribution in [0.5, 0.6) is 0 Å². The van der Waals surface area contributed by atoms with Crippen molar-refractivity contribution in [3.8, 4) is 0 Å². The first-order valence-corrected chi connectivity index (χ1v) is 9.42. The Morgan fingerprint density at radius 1 is 1.36 bits per heavy atom. The SMILES string of the molecule is CSc1nc2ccc(NC(=O)/C=C/c3csc(C)n3)cc2s1. The summed E-state index contributed by atoms with van der Waals surface area (Å²) in [7, 11) is 0. The molecule has 0 radical (unpaired) electrons. The second-order valence-electron chi connectivity index (χ2n) is 4.48. The first kappa shape index (κ1) is 15.2. The molecular formula is C15H13N3OS3. The number of anilines is 1. The summed E-state index contributed by atoms with van der Waals surface area (Å²) in [6.07, 6.45) is 5.22. The van der Waals surface area contributed by atoms with Crippen LogP contribution in [-0.2, 0) is 4.79 Å². The number of aryl methyl sites for hydroxylation is 1. The molecule has 0 bridgehead atoms. The number of benzene rings is 1. The number of amides is 1.